The van der Waals surface area contributed by atoms with Gasteiger partial charge in [-0.1, -0.05) is 24.3 Å². The molecule has 6 heteroatoms. The molecule has 0 bridgehead atoms. The lowest BCUT2D eigenvalue weighted by atomic mass is 9.87. The highest BCUT2D eigenvalue weighted by molar-refractivity contribution is 5.80. The number of nitrogens with one attached hydrogen (secondary N) is 1. The molecule has 0 saturated carbocycles. The summed E-state index contributed by atoms with van der Waals surface area (Å²) >= 11 is 0. The van der Waals surface area contributed by atoms with Crippen LogP contribution in [-0.2, 0) is 22.6 Å². The summed E-state index contributed by atoms with van der Waals surface area (Å²) in [4.78, 5) is 9.40. The molecule has 4 rings (SSSR count). The topological polar surface area (TPSA) is 49.3 Å². The van der Waals surface area contributed by atoms with E-state index in [-0.39, 0.29) is 0 Å². The lowest BCUT2D eigenvalue weighted by molar-refractivity contribution is -0.0704. The SMILES string of the molecule is CN=C(NCc1ccc(CN2CC(C)OC(C)C2)cc1)N1CCC2(CCOC2)C1. The molecule has 3 aliphatic heterocycles. The van der Waals surface area contributed by atoms with Gasteiger partial charge in [0.2, 0.25) is 0 Å². The zero-order valence-electron chi connectivity index (χ0n) is 18.2. The van der Waals surface area contributed by atoms with Crippen molar-refractivity contribution in [2.75, 3.05) is 46.4 Å². The summed E-state index contributed by atoms with van der Waals surface area (Å²) < 4.78 is 11.5. The van der Waals surface area contributed by atoms with E-state index in [0.29, 0.717) is 17.6 Å². The zero-order chi connectivity index (χ0) is 20.3. The first-order valence-corrected chi connectivity index (χ1v) is 11.0. The minimum absolute atomic E-state index is 0.314. The molecule has 3 fully saturated rings. The van der Waals surface area contributed by atoms with Crippen molar-refractivity contribution in [2.45, 2.75) is 52.0 Å². The number of ether oxygens (including phenoxy) is 2. The average molecular weight is 401 g/mol. The quantitative estimate of drug-likeness (QED) is 0.622. The summed E-state index contributed by atoms with van der Waals surface area (Å²) in [5.74, 6) is 1.01. The van der Waals surface area contributed by atoms with Crippen molar-refractivity contribution >= 4 is 5.96 Å². The maximum atomic E-state index is 5.84. The van der Waals surface area contributed by atoms with E-state index in [4.69, 9.17) is 9.47 Å². The molecule has 29 heavy (non-hydrogen) atoms. The van der Waals surface area contributed by atoms with Crippen molar-refractivity contribution < 1.29 is 9.47 Å². The third kappa shape index (κ3) is 5.11. The number of likely N-dealkylation sites (tertiary alicyclic amines) is 1. The van der Waals surface area contributed by atoms with Gasteiger partial charge in [-0.05, 0) is 37.8 Å². The molecule has 0 radical (unpaired) electrons. The van der Waals surface area contributed by atoms with Crippen molar-refractivity contribution in [2.24, 2.45) is 10.4 Å². The van der Waals surface area contributed by atoms with E-state index in [2.05, 4.69) is 58.2 Å². The van der Waals surface area contributed by atoms with E-state index in [0.717, 1.165) is 58.4 Å². The number of benzene rings is 1. The fourth-order valence-electron chi connectivity index (χ4n) is 5.03. The number of rotatable bonds is 4. The van der Waals surface area contributed by atoms with Gasteiger partial charge in [0.1, 0.15) is 0 Å². The molecular formula is C23H36N4O2. The molecule has 1 aromatic carbocycles. The van der Waals surface area contributed by atoms with Gasteiger partial charge in [-0.15, -0.1) is 0 Å². The van der Waals surface area contributed by atoms with Crippen LogP contribution < -0.4 is 5.32 Å². The van der Waals surface area contributed by atoms with Crippen molar-refractivity contribution in [1.82, 2.24) is 15.1 Å². The van der Waals surface area contributed by atoms with Crippen LogP contribution in [0.5, 0.6) is 0 Å². The van der Waals surface area contributed by atoms with Crippen molar-refractivity contribution in [1.29, 1.82) is 0 Å². The maximum absolute atomic E-state index is 5.84. The predicted molar refractivity (Wildman–Crippen MR) is 116 cm³/mol. The van der Waals surface area contributed by atoms with Gasteiger partial charge < -0.3 is 19.7 Å². The minimum Gasteiger partial charge on any atom is -0.381 e. The van der Waals surface area contributed by atoms with Gasteiger partial charge in [0.25, 0.3) is 0 Å². The van der Waals surface area contributed by atoms with E-state index >= 15 is 0 Å². The third-order valence-corrected chi connectivity index (χ3v) is 6.51. The van der Waals surface area contributed by atoms with Gasteiger partial charge in [-0.2, -0.15) is 0 Å². The Morgan fingerprint density at radius 1 is 1.14 bits per heavy atom. The Morgan fingerprint density at radius 3 is 2.52 bits per heavy atom. The molecule has 3 saturated heterocycles. The minimum atomic E-state index is 0.314. The van der Waals surface area contributed by atoms with Crippen LogP contribution in [0, 0.1) is 5.41 Å². The predicted octanol–water partition coefficient (Wildman–Crippen LogP) is 2.48. The number of nitrogens with zero attached hydrogens (tertiary/aromatic N) is 3. The van der Waals surface area contributed by atoms with Gasteiger partial charge >= 0.3 is 0 Å². The monoisotopic (exact) mass is 400 g/mol. The van der Waals surface area contributed by atoms with Gasteiger partial charge in [0, 0.05) is 58.3 Å². The van der Waals surface area contributed by atoms with Crippen LogP contribution in [0.15, 0.2) is 29.3 Å². The highest BCUT2D eigenvalue weighted by Crippen LogP contribution is 2.38. The van der Waals surface area contributed by atoms with Crippen LogP contribution in [0.2, 0.25) is 0 Å². The molecule has 3 unspecified atom stereocenters. The number of aliphatic imine (C=N–C) groups is 1. The Balaban J connectivity index is 1.27. The molecule has 3 aliphatic rings. The van der Waals surface area contributed by atoms with Crippen molar-refractivity contribution in [3.05, 3.63) is 35.4 Å². The second-order valence-corrected chi connectivity index (χ2v) is 9.14. The second kappa shape index (κ2) is 9.02. The first-order valence-electron chi connectivity index (χ1n) is 11.0. The van der Waals surface area contributed by atoms with E-state index in [9.17, 15) is 0 Å². The van der Waals surface area contributed by atoms with Gasteiger partial charge in [-0.3, -0.25) is 9.89 Å². The number of morpholine rings is 1. The molecule has 6 nitrogen and oxygen atoms in total. The summed E-state index contributed by atoms with van der Waals surface area (Å²) in [5, 5.41) is 3.55. The van der Waals surface area contributed by atoms with Gasteiger partial charge in [0.15, 0.2) is 5.96 Å². The molecule has 0 aliphatic carbocycles. The number of hydrogen-bond acceptors (Lipinski definition) is 4. The third-order valence-electron chi connectivity index (χ3n) is 6.51. The summed E-state index contributed by atoms with van der Waals surface area (Å²) in [5.41, 5.74) is 3.01. The van der Waals surface area contributed by atoms with E-state index < -0.39 is 0 Å². The van der Waals surface area contributed by atoms with E-state index in [1.165, 1.54) is 24.0 Å². The highest BCUT2D eigenvalue weighted by atomic mass is 16.5. The van der Waals surface area contributed by atoms with Crippen LogP contribution in [0.4, 0.5) is 0 Å². The molecule has 3 atom stereocenters. The summed E-state index contributed by atoms with van der Waals surface area (Å²) in [6.07, 6.45) is 3.02. The Kier molecular flexibility index (Phi) is 6.42. The molecule has 0 amide bonds. The molecular weight excluding hydrogens is 364 g/mol. The van der Waals surface area contributed by atoms with Crippen molar-refractivity contribution in [3.63, 3.8) is 0 Å². The standard InChI is InChI=1S/C23H36N4O2/c1-18-13-26(14-19(2)29-18)15-21-6-4-20(5-7-21)12-25-22(24-3)27-10-8-23(16-27)9-11-28-17-23/h4-7,18-19H,8-17H2,1-3H3,(H,24,25). The normalized spacial score (nSPS) is 31.0. The average Bonchev–Trinajstić information content (AvgIpc) is 3.33. The largest absolute Gasteiger partial charge is 0.381 e. The first kappa shape index (κ1) is 20.6. The summed E-state index contributed by atoms with van der Waals surface area (Å²) in [6.45, 7) is 12.1. The fraction of sp³-hybridized carbons (Fsp3) is 0.696. The number of hydrogen-bond donors (Lipinski definition) is 1. The van der Waals surface area contributed by atoms with Crippen LogP contribution >= 0.6 is 0 Å². The lowest BCUT2D eigenvalue weighted by Gasteiger charge is -2.35. The summed E-state index contributed by atoms with van der Waals surface area (Å²) in [7, 11) is 1.88. The summed E-state index contributed by atoms with van der Waals surface area (Å²) in [6, 6.07) is 8.98. The van der Waals surface area contributed by atoms with Gasteiger partial charge in [0.05, 0.1) is 18.8 Å². The molecule has 1 spiro atoms. The smallest absolute Gasteiger partial charge is 0.193 e. The lowest BCUT2D eigenvalue weighted by Crippen LogP contribution is -2.44. The van der Waals surface area contributed by atoms with Crippen LogP contribution in [0.1, 0.15) is 37.8 Å². The molecule has 160 valence electrons. The van der Waals surface area contributed by atoms with E-state index in [1.807, 2.05) is 7.05 Å². The molecule has 1 aromatic rings. The number of guanidine groups is 1. The van der Waals surface area contributed by atoms with Gasteiger partial charge in [-0.25, -0.2) is 0 Å². The van der Waals surface area contributed by atoms with Crippen LogP contribution in [0.3, 0.4) is 0 Å². The Morgan fingerprint density at radius 2 is 1.86 bits per heavy atom. The maximum Gasteiger partial charge on any atom is 0.193 e. The zero-order valence-corrected chi connectivity index (χ0v) is 18.2. The molecule has 0 aromatic heterocycles. The Labute approximate surface area is 175 Å². The highest BCUT2D eigenvalue weighted by Gasteiger charge is 2.42. The van der Waals surface area contributed by atoms with Crippen molar-refractivity contribution in [3.8, 4) is 0 Å². The van der Waals surface area contributed by atoms with Crippen LogP contribution in [0.25, 0.3) is 0 Å². The molecule has 3 heterocycles. The first-order chi connectivity index (χ1) is 14.0. The van der Waals surface area contributed by atoms with Crippen LogP contribution in [-0.4, -0.2) is 74.4 Å². The Hall–Kier alpha value is -1.63. The Bertz CT molecular complexity index is 689. The second-order valence-electron chi connectivity index (χ2n) is 9.14. The molecule has 1 N–H and O–H groups in total. The van der Waals surface area contributed by atoms with E-state index in [1.54, 1.807) is 0 Å². The fourth-order valence-corrected chi connectivity index (χ4v) is 5.03.